The molecule has 9 nitrogen and oxygen atoms in total. The summed E-state index contributed by atoms with van der Waals surface area (Å²) in [5.74, 6) is 2.63. The lowest BCUT2D eigenvalue weighted by molar-refractivity contribution is -0.143. The van der Waals surface area contributed by atoms with Crippen molar-refractivity contribution in [3.8, 4) is 5.69 Å². The zero-order valence-corrected chi connectivity index (χ0v) is 15.1. The van der Waals surface area contributed by atoms with Gasteiger partial charge in [0.05, 0.1) is 23.4 Å². The Labute approximate surface area is 160 Å². The Morgan fingerprint density at radius 2 is 1.89 bits per heavy atom. The van der Waals surface area contributed by atoms with Crippen LogP contribution in [0.2, 0.25) is 5.02 Å². The number of carbonyl (C=O) groups is 1. The van der Waals surface area contributed by atoms with Gasteiger partial charge in [0.15, 0.2) is 5.69 Å². The summed E-state index contributed by atoms with van der Waals surface area (Å²) in [6.07, 6.45) is -5.13. The van der Waals surface area contributed by atoms with E-state index >= 15 is 0 Å². The number of nitrogens with two attached hydrogens (primary N) is 1. The minimum absolute atomic E-state index is 0.0187. The van der Waals surface area contributed by atoms with E-state index < -0.39 is 67.1 Å². The Kier molecular flexibility index (Phi) is 5.96. The van der Waals surface area contributed by atoms with Gasteiger partial charge in [-0.3, -0.25) is 13.8 Å². The van der Waals surface area contributed by atoms with Gasteiger partial charge in [-0.2, -0.15) is 13.2 Å². The fourth-order valence-corrected chi connectivity index (χ4v) is 2.63. The van der Waals surface area contributed by atoms with E-state index in [4.69, 9.17) is 17.4 Å². The maximum absolute atomic E-state index is 14.3. The molecule has 2 rings (SSSR count). The normalized spacial score (nSPS) is 12.6. The minimum atomic E-state index is -5.13. The maximum Gasteiger partial charge on any atom is 0.433 e. The van der Waals surface area contributed by atoms with Gasteiger partial charge >= 0.3 is 11.9 Å². The summed E-state index contributed by atoms with van der Waals surface area (Å²) in [6.45, 7) is 0. The van der Waals surface area contributed by atoms with E-state index in [0.717, 1.165) is 7.11 Å². The van der Waals surface area contributed by atoms with Gasteiger partial charge in [-0.05, 0) is 12.1 Å². The van der Waals surface area contributed by atoms with Crippen molar-refractivity contribution in [3.63, 3.8) is 0 Å². The molecule has 0 aliphatic carbocycles. The van der Waals surface area contributed by atoms with E-state index in [0.29, 0.717) is 12.1 Å². The second-order valence-electron chi connectivity index (χ2n) is 4.97. The second kappa shape index (κ2) is 7.73. The third-order valence-corrected chi connectivity index (χ3v) is 4.24. The van der Waals surface area contributed by atoms with E-state index in [1.807, 2.05) is 4.72 Å². The number of alkyl halides is 3. The summed E-state index contributed by atoms with van der Waals surface area (Å²) in [5.41, 5.74) is -6.50. The number of halogens is 5. The SMILES string of the molecule is COS(=O)NC(=O)c1cc(-n2c(=O)cc(C(F)(F)F)n(N)c2=O)c(F)cc1Cl. The summed E-state index contributed by atoms with van der Waals surface area (Å²) in [6, 6.07) is 1.12. The Bertz CT molecular complexity index is 1100. The van der Waals surface area contributed by atoms with Crippen LogP contribution in [0.4, 0.5) is 17.6 Å². The standard InChI is InChI=1S/C13H9ClF4N4O5S/c1-27-28(26)20-11(24)5-2-8(7(15)3-6(5)14)21-10(23)4-9(13(16,17)18)22(19)12(21)25/h2-4H,19H2,1H3,(H,20,24). The van der Waals surface area contributed by atoms with Gasteiger partial charge in [-0.15, -0.1) is 0 Å². The van der Waals surface area contributed by atoms with Crippen LogP contribution in [0.3, 0.4) is 0 Å². The maximum atomic E-state index is 14.3. The Morgan fingerprint density at radius 1 is 1.29 bits per heavy atom. The lowest BCUT2D eigenvalue weighted by Gasteiger charge is -2.14. The molecule has 1 heterocycles. The number of rotatable bonds is 4. The highest BCUT2D eigenvalue weighted by Crippen LogP contribution is 2.27. The van der Waals surface area contributed by atoms with Crippen LogP contribution < -0.4 is 21.8 Å². The smallest absolute Gasteiger partial charge is 0.335 e. The predicted octanol–water partition coefficient (Wildman–Crippen LogP) is 0.479. The number of hydrogen-bond donors (Lipinski definition) is 2. The molecule has 0 saturated carbocycles. The first-order valence-electron chi connectivity index (χ1n) is 6.86. The van der Waals surface area contributed by atoms with Gasteiger partial charge in [0.1, 0.15) is 5.82 Å². The van der Waals surface area contributed by atoms with E-state index in [1.54, 1.807) is 0 Å². The van der Waals surface area contributed by atoms with E-state index in [-0.39, 0.29) is 10.6 Å². The third kappa shape index (κ3) is 4.07. The molecule has 28 heavy (non-hydrogen) atoms. The van der Waals surface area contributed by atoms with Crippen LogP contribution in [0.25, 0.3) is 5.69 Å². The van der Waals surface area contributed by atoms with Crippen molar-refractivity contribution in [3.05, 3.63) is 61.1 Å². The fourth-order valence-electron chi connectivity index (χ4n) is 2.05. The van der Waals surface area contributed by atoms with Crippen LogP contribution in [-0.2, 0) is 21.6 Å². The third-order valence-electron chi connectivity index (χ3n) is 3.28. The van der Waals surface area contributed by atoms with Gasteiger partial charge in [0.2, 0.25) is 0 Å². The molecular weight excluding hydrogens is 436 g/mol. The first-order valence-corrected chi connectivity index (χ1v) is 8.31. The van der Waals surface area contributed by atoms with Crippen molar-refractivity contribution in [2.45, 2.75) is 6.18 Å². The molecule has 0 radical (unpaired) electrons. The van der Waals surface area contributed by atoms with Crippen LogP contribution in [0, 0.1) is 5.82 Å². The van der Waals surface area contributed by atoms with E-state index in [1.165, 1.54) is 0 Å². The van der Waals surface area contributed by atoms with E-state index in [2.05, 4.69) is 4.18 Å². The lowest BCUT2D eigenvalue weighted by atomic mass is 10.1. The van der Waals surface area contributed by atoms with Crippen molar-refractivity contribution in [2.24, 2.45) is 0 Å². The molecule has 1 unspecified atom stereocenters. The summed E-state index contributed by atoms with van der Waals surface area (Å²) in [4.78, 5) is 36.2. The quantitative estimate of drug-likeness (QED) is 0.522. The van der Waals surface area contributed by atoms with Gasteiger partial charge in [-0.1, -0.05) is 11.6 Å². The zero-order valence-electron chi connectivity index (χ0n) is 13.5. The predicted molar refractivity (Wildman–Crippen MR) is 89.0 cm³/mol. The summed E-state index contributed by atoms with van der Waals surface area (Å²) >= 11 is 3.44. The molecular formula is C13H9ClF4N4O5S. The van der Waals surface area contributed by atoms with Crippen LogP contribution >= 0.6 is 11.6 Å². The molecule has 1 atom stereocenters. The molecule has 0 saturated heterocycles. The van der Waals surface area contributed by atoms with Gasteiger partial charge in [0, 0.05) is 6.07 Å². The molecule has 1 amide bonds. The minimum Gasteiger partial charge on any atom is -0.335 e. The number of benzene rings is 1. The van der Waals surface area contributed by atoms with Crippen LogP contribution in [0.15, 0.2) is 27.8 Å². The Morgan fingerprint density at radius 3 is 2.43 bits per heavy atom. The largest absolute Gasteiger partial charge is 0.433 e. The highest BCUT2D eigenvalue weighted by Gasteiger charge is 2.36. The number of nitrogen functional groups attached to an aromatic ring is 1. The number of carbonyl (C=O) groups excluding carboxylic acids is 1. The second-order valence-corrected chi connectivity index (χ2v) is 6.38. The van der Waals surface area contributed by atoms with Crippen molar-refractivity contribution < 1.29 is 30.7 Å². The molecule has 152 valence electrons. The highest BCUT2D eigenvalue weighted by molar-refractivity contribution is 7.78. The van der Waals surface area contributed by atoms with Crippen LogP contribution in [-0.4, -0.2) is 26.5 Å². The first kappa shape index (κ1) is 21.6. The number of hydrogen-bond acceptors (Lipinski definition) is 6. The molecule has 15 heteroatoms. The summed E-state index contributed by atoms with van der Waals surface area (Å²) < 4.78 is 69.7. The molecule has 2 aromatic rings. The van der Waals surface area contributed by atoms with Gasteiger partial charge in [-0.25, -0.2) is 27.4 Å². The lowest BCUT2D eigenvalue weighted by Crippen LogP contribution is -2.45. The van der Waals surface area contributed by atoms with Crippen molar-refractivity contribution in [1.82, 2.24) is 14.0 Å². The average molecular weight is 445 g/mol. The van der Waals surface area contributed by atoms with Crippen LogP contribution in [0.1, 0.15) is 16.1 Å². The molecule has 0 fully saturated rings. The Balaban J connectivity index is 2.73. The molecule has 0 spiro atoms. The molecule has 3 N–H and O–H groups in total. The van der Waals surface area contributed by atoms with Crippen LogP contribution in [0.5, 0.6) is 0 Å². The topological polar surface area (TPSA) is 125 Å². The molecule has 1 aromatic heterocycles. The number of nitrogens with zero attached hydrogens (tertiary/aromatic N) is 2. The van der Waals surface area contributed by atoms with Crippen molar-refractivity contribution in [1.29, 1.82) is 0 Å². The monoisotopic (exact) mass is 444 g/mol. The molecule has 1 aromatic carbocycles. The van der Waals surface area contributed by atoms with Crippen molar-refractivity contribution in [2.75, 3.05) is 13.0 Å². The Hall–Kier alpha value is -2.71. The first-order chi connectivity index (χ1) is 12.9. The fraction of sp³-hybridized carbons (Fsp3) is 0.154. The van der Waals surface area contributed by atoms with Gasteiger partial charge in [0.25, 0.3) is 22.7 Å². The molecule has 0 aliphatic rings. The number of amides is 1. The summed E-state index contributed by atoms with van der Waals surface area (Å²) in [7, 11) is 1.000. The number of aromatic nitrogens is 2. The highest BCUT2D eigenvalue weighted by atomic mass is 35.5. The molecule has 0 bridgehead atoms. The van der Waals surface area contributed by atoms with Gasteiger partial charge < -0.3 is 5.84 Å². The molecule has 0 aliphatic heterocycles. The number of nitrogens with one attached hydrogen (secondary N) is 1. The van der Waals surface area contributed by atoms with E-state index in [9.17, 15) is 36.2 Å². The summed E-state index contributed by atoms with van der Waals surface area (Å²) in [5, 5.41) is -0.500. The average Bonchev–Trinajstić information content (AvgIpc) is 2.58. The zero-order chi connectivity index (χ0) is 21.4. The van der Waals surface area contributed by atoms with Crippen molar-refractivity contribution >= 4 is 28.8 Å².